The highest BCUT2D eigenvalue weighted by atomic mass is 35.5. The average Bonchev–Trinajstić information content (AvgIpc) is 2.64. The van der Waals surface area contributed by atoms with Gasteiger partial charge in [-0.15, -0.1) is 0 Å². The molecular formula is C21H24ClN3O2. The Balaban J connectivity index is 1.89. The maximum absolute atomic E-state index is 12.1. The first-order valence-electron chi connectivity index (χ1n) is 8.85. The van der Waals surface area contributed by atoms with E-state index in [1.165, 1.54) is 0 Å². The van der Waals surface area contributed by atoms with Crippen molar-refractivity contribution >= 4 is 34.8 Å². The van der Waals surface area contributed by atoms with Gasteiger partial charge in [0.05, 0.1) is 5.71 Å². The van der Waals surface area contributed by atoms with E-state index in [9.17, 15) is 9.59 Å². The van der Waals surface area contributed by atoms with Gasteiger partial charge in [0.25, 0.3) is 0 Å². The number of hydrazone groups is 1. The van der Waals surface area contributed by atoms with Crippen molar-refractivity contribution in [1.82, 2.24) is 5.43 Å². The highest BCUT2D eigenvalue weighted by molar-refractivity contribution is 6.31. The van der Waals surface area contributed by atoms with Crippen molar-refractivity contribution in [2.24, 2.45) is 11.0 Å². The molecule has 2 amide bonds. The smallest absolute Gasteiger partial charge is 0.240 e. The lowest BCUT2D eigenvalue weighted by Gasteiger charge is -2.11. The zero-order valence-electron chi connectivity index (χ0n) is 15.8. The number of amides is 2. The Kier molecular flexibility index (Phi) is 7.55. The van der Waals surface area contributed by atoms with Gasteiger partial charge in [-0.1, -0.05) is 61.8 Å². The maximum Gasteiger partial charge on any atom is 0.240 e. The minimum absolute atomic E-state index is 0.0507. The highest BCUT2D eigenvalue weighted by Crippen LogP contribution is 2.23. The summed E-state index contributed by atoms with van der Waals surface area (Å²) in [4.78, 5) is 24.1. The number of benzene rings is 2. The minimum atomic E-state index is -0.304. The van der Waals surface area contributed by atoms with Gasteiger partial charge >= 0.3 is 0 Å². The van der Waals surface area contributed by atoms with E-state index >= 15 is 0 Å². The van der Waals surface area contributed by atoms with Crippen LogP contribution in [0.15, 0.2) is 53.6 Å². The van der Waals surface area contributed by atoms with Crippen molar-refractivity contribution in [2.75, 3.05) is 5.32 Å². The van der Waals surface area contributed by atoms with E-state index in [2.05, 4.69) is 15.8 Å². The minimum Gasteiger partial charge on any atom is -0.326 e. The predicted octanol–water partition coefficient (Wildman–Crippen LogP) is 4.54. The molecule has 0 spiro atoms. The summed E-state index contributed by atoms with van der Waals surface area (Å²) in [6.07, 6.45) is 0.116. The van der Waals surface area contributed by atoms with Crippen LogP contribution in [-0.4, -0.2) is 17.5 Å². The summed E-state index contributed by atoms with van der Waals surface area (Å²) in [5, 5.41) is 7.61. The number of anilines is 1. The summed E-state index contributed by atoms with van der Waals surface area (Å²) in [5.74, 6) is -0.393. The summed E-state index contributed by atoms with van der Waals surface area (Å²) in [7, 11) is 0. The van der Waals surface area contributed by atoms with Crippen LogP contribution in [-0.2, 0) is 9.59 Å². The van der Waals surface area contributed by atoms with E-state index in [0.717, 1.165) is 16.8 Å². The molecule has 2 aromatic rings. The third kappa shape index (κ3) is 6.22. The van der Waals surface area contributed by atoms with Crippen LogP contribution in [0.4, 0.5) is 5.69 Å². The van der Waals surface area contributed by atoms with Gasteiger partial charge in [0.15, 0.2) is 0 Å². The molecule has 0 heterocycles. The van der Waals surface area contributed by atoms with Crippen molar-refractivity contribution < 1.29 is 9.59 Å². The van der Waals surface area contributed by atoms with Crippen LogP contribution in [0.25, 0.3) is 0 Å². The molecule has 2 rings (SSSR count). The first kappa shape index (κ1) is 20.6. The van der Waals surface area contributed by atoms with Crippen LogP contribution in [0.2, 0.25) is 5.02 Å². The van der Waals surface area contributed by atoms with Crippen molar-refractivity contribution in [1.29, 1.82) is 0 Å². The lowest BCUT2D eigenvalue weighted by Crippen LogP contribution is -2.23. The van der Waals surface area contributed by atoms with Crippen molar-refractivity contribution in [3.63, 3.8) is 0 Å². The second-order valence-corrected chi connectivity index (χ2v) is 6.92. The molecule has 0 aromatic heterocycles. The van der Waals surface area contributed by atoms with Gasteiger partial charge in [-0.05, 0) is 36.1 Å². The third-order valence-corrected chi connectivity index (χ3v) is 4.45. The summed E-state index contributed by atoms with van der Waals surface area (Å²) >= 11 is 6.04. The molecule has 0 aliphatic carbocycles. The van der Waals surface area contributed by atoms with E-state index in [1.54, 1.807) is 18.2 Å². The molecule has 0 saturated heterocycles. The summed E-state index contributed by atoms with van der Waals surface area (Å²) in [5.41, 5.74) is 5.75. The fourth-order valence-electron chi connectivity index (χ4n) is 2.50. The number of hydrogen-bond donors (Lipinski definition) is 2. The van der Waals surface area contributed by atoms with Gasteiger partial charge in [-0.25, -0.2) is 5.43 Å². The topological polar surface area (TPSA) is 70.6 Å². The Bertz CT molecular complexity index is 833. The Morgan fingerprint density at radius 3 is 2.33 bits per heavy atom. The highest BCUT2D eigenvalue weighted by Gasteiger charge is 2.11. The predicted molar refractivity (Wildman–Crippen MR) is 110 cm³/mol. The molecular weight excluding hydrogens is 362 g/mol. The summed E-state index contributed by atoms with van der Waals surface area (Å²) in [6.45, 7) is 5.86. The number of rotatable bonds is 7. The fraction of sp³-hybridized carbons (Fsp3) is 0.286. The first-order valence-corrected chi connectivity index (χ1v) is 9.23. The SMILES string of the molecule is Cc1c(Cl)cccc1NC(=O)CCC(=O)N/N=C(/c1ccccc1)C(C)C. The standard InChI is InChI=1S/C21H24ClN3O2/c1-14(2)21(16-8-5-4-6-9-16)25-24-20(27)13-12-19(26)23-18-11-7-10-17(22)15(18)3/h4-11,14H,12-13H2,1-3H3,(H,23,26)(H,24,27)/b25-21+. The zero-order valence-corrected chi connectivity index (χ0v) is 16.5. The lowest BCUT2D eigenvalue weighted by molar-refractivity contribution is -0.124. The van der Waals surface area contributed by atoms with Gasteiger partial charge in [0, 0.05) is 23.6 Å². The van der Waals surface area contributed by atoms with Gasteiger partial charge in [-0.2, -0.15) is 5.10 Å². The molecule has 0 radical (unpaired) electrons. The second kappa shape index (κ2) is 9.88. The van der Waals surface area contributed by atoms with E-state index in [4.69, 9.17) is 11.6 Å². The second-order valence-electron chi connectivity index (χ2n) is 6.51. The molecule has 5 nitrogen and oxygen atoms in total. The molecule has 0 fully saturated rings. The molecule has 142 valence electrons. The Hall–Kier alpha value is -2.66. The van der Waals surface area contributed by atoms with Crippen molar-refractivity contribution in [3.05, 3.63) is 64.7 Å². The normalized spacial score (nSPS) is 11.4. The van der Waals surface area contributed by atoms with Gasteiger partial charge in [0.1, 0.15) is 0 Å². The quantitative estimate of drug-likeness (QED) is 0.542. The zero-order chi connectivity index (χ0) is 19.8. The number of carbonyl (C=O) groups excluding carboxylic acids is 2. The number of carbonyl (C=O) groups is 2. The molecule has 6 heteroatoms. The van der Waals surface area contributed by atoms with E-state index in [0.29, 0.717) is 10.7 Å². The Morgan fingerprint density at radius 1 is 1.00 bits per heavy atom. The van der Waals surface area contributed by atoms with Gasteiger partial charge < -0.3 is 5.32 Å². The number of hydrogen-bond acceptors (Lipinski definition) is 3. The van der Waals surface area contributed by atoms with Crippen LogP contribution in [0.5, 0.6) is 0 Å². The Labute approximate surface area is 164 Å². The van der Waals surface area contributed by atoms with Gasteiger partial charge in [-0.3, -0.25) is 9.59 Å². The molecule has 0 unspecified atom stereocenters. The number of nitrogens with zero attached hydrogens (tertiary/aromatic N) is 1. The lowest BCUT2D eigenvalue weighted by atomic mass is 10.0. The number of nitrogens with one attached hydrogen (secondary N) is 2. The Morgan fingerprint density at radius 2 is 1.67 bits per heavy atom. The van der Waals surface area contributed by atoms with Crippen molar-refractivity contribution in [2.45, 2.75) is 33.6 Å². The van der Waals surface area contributed by atoms with E-state index in [-0.39, 0.29) is 30.6 Å². The van der Waals surface area contributed by atoms with Crippen LogP contribution in [0.1, 0.15) is 37.8 Å². The van der Waals surface area contributed by atoms with E-state index < -0.39 is 0 Å². The molecule has 0 atom stereocenters. The monoisotopic (exact) mass is 385 g/mol. The van der Waals surface area contributed by atoms with Crippen molar-refractivity contribution in [3.8, 4) is 0 Å². The van der Waals surface area contributed by atoms with Crippen LogP contribution >= 0.6 is 11.6 Å². The van der Waals surface area contributed by atoms with E-state index in [1.807, 2.05) is 51.1 Å². The van der Waals surface area contributed by atoms with Crippen LogP contribution in [0, 0.1) is 12.8 Å². The number of halogens is 1. The largest absolute Gasteiger partial charge is 0.326 e. The van der Waals surface area contributed by atoms with Crippen LogP contribution < -0.4 is 10.7 Å². The molecule has 2 N–H and O–H groups in total. The van der Waals surface area contributed by atoms with Crippen LogP contribution in [0.3, 0.4) is 0 Å². The molecule has 0 aliphatic heterocycles. The average molecular weight is 386 g/mol. The summed E-state index contributed by atoms with van der Waals surface area (Å²) < 4.78 is 0. The molecule has 27 heavy (non-hydrogen) atoms. The summed E-state index contributed by atoms with van der Waals surface area (Å²) in [6, 6.07) is 15.0. The third-order valence-electron chi connectivity index (χ3n) is 4.04. The fourth-order valence-corrected chi connectivity index (χ4v) is 2.67. The maximum atomic E-state index is 12.1. The molecule has 0 aliphatic rings. The molecule has 0 bridgehead atoms. The van der Waals surface area contributed by atoms with Gasteiger partial charge in [0.2, 0.25) is 11.8 Å². The molecule has 0 saturated carbocycles. The molecule has 2 aromatic carbocycles. The first-order chi connectivity index (χ1) is 12.9.